The molecule has 2 aromatic carbocycles. The Hall–Kier alpha value is -1.99. The van der Waals surface area contributed by atoms with Gasteiger partial charge >= 0.3 is 6.18 Å². The first-order valence-electron chi connectivity index (χ1n) is 10.0. The van der Waals surface area contributed by atoms with Crippen LogP contribution in [0.25, 0.3) is 0 Å². The predicted octanol–water partition coefficient (Wildman–Crippen LogP) is 6.28. The number of benzene rings is 2. The van der Waals surface area contributed by atoms with Gasteiger partial charge in [-0.2, -0.15) is 13.2 Å². The minimum Gasteiger partial charge on any atom is -0.496 e. The van der Waals surface area contributed by atoms with E-state index in [0.717, 1.165) is 0 Å². The Labute approximate surface area is 185 Å². The molecule has 0 aliphatic rings. The van der Waals surface area contributed by atoms with Gasteiger partial charge in [0.25, 0.3) is 0 Å². The first-order valence-corrected chi connectivity index (χ1v) is 10.4. The molecule has 0 amide bonds. The van der Waals surface area contributed by atoms with Crippen molar-refractivity contribution < 1.29 is 22.3 Å². The van der Waals surface area contributed by atoms with Crippen LogP contribution in [-0.2, 0) is 11.8 Å². The molecule has 0 saturated carbocycles. The molecule has 3 nitrogen and oxygen atoms in total. The van der Waals surface area contributed by atoms with E-state index in [1.807, 2.05) is 0 Å². The van der Waals surface area contributed by atoms with Crippen molar-refractivity contribution in [1.29, 1.82) is 0 Å². The molecule has 1 atom stereocenters. The Morgan fingerprint density at radius 2 is 1.77 bits per heavy atom. The Kier molecular flexibility index (Phi) is 7.87. The standard InChI is InChI=1S/C23H29ClF4N2O/c1-5-10-30-22(23(26,27)28,13-15-6-8-17(29)12-19(15)24)14-21(2,3)18-11-16(25)7-9-20(18)31-4/h6-9,11-12,30H,5,10,13-14,29H2,1-4H3. The number of alkyl halides is 3. The zero-order chi connectivity index (χ0) is 23.4. The van der Waals surface area contributed by atoms with E-state index < -0.39 is 29.4 Å². The quantitative estimate of drug-likeness (QED) is 0.342. The molecule has 3 N–H and O–H groups in total. The minimum atomic E-state index is -4.61. The van der Waals surface area contributed by atoms with Gasteiger partial charge in [0.2, 0.25) is 0 Å². The molecule has 2 aromatic rings. The average Bonchev–Trinajstić information content (AvgIpc) is 2.67. The Morgan fingerprint density at radius 3 is 2.32 bits per heavy atom. The summed E-state index contributed by atoms with van der Waals surface area (Å²) in [4.78, 5) is 0. The summed E-state index contributed by atoms with van der Waals surface area (Å²) < 4.78 is 63.3. The number of hydrogen-bond donors (Lipinski definition) is 2. The Balaban J connectivity index is 2.59. The van der Waals surface area contributed by atoms with E-state index in [0.29, 0.717) is 29.0 Å². The normalized spacial score (nSPS) is 14.4. The van der Waals surface area contributed by atoms with Gasteiger partial charge in [0, 0.05) is 22.7 Å². The van der Waals surface area contributed by atoms with Gasteiger partial charge in [0.1, 0.15) is 17.1 Å². The fourth-order valence-electron chi connectivity index (χ4n) is 3.94. The van der Waals surface area contributed by atoms with Crippen LogP contribution in [0.4, 0.5) is 23.2 Å². The van der Waals surface area contributed by atoms with E-state index in [9.17, 15) is 17.6 Å². The van der Waals surface area contributed by atoms with E-state index in [2.05, 4.69) is 5.32 Å². The molecule has 31 heavy (non-hydrogen) atoms. The summed E-state index contributed by atoms with van der Waals surface area (Å²) in [5.74, 6) is -0.201. The summed E-state index contributed by atoms with van der Waals surface area (Å²) in [6.07, 6.45) is -4.84. The lowest BCUT2D eigenvalue weighted by atomic mass is 9.71. The van der Waals surface area contributed by atoms with E-state index in [1.54, 1.807) is 20.8 Å². The number of nitrogens with one attached hydrogen (secondary N) is 1. The predicted molar refractivity (Wildman–Crippen MR) is 117 cm³/mol. The second-order valence-electron chi connectivity index (χ2n) is 8.44. The summed E-state index contributed by atoms with van der Waals surface area (Å²) >= 11 is 6.23. The zero-order valence-corrected chi connectivity index (χ0v) is 18.9. The third-order valence-electron chi connectivity index (χ3n) is 5.46. The van der Waals surface area contributed by atoms with Gasteiger partial charge in [0.05, 0.1) is 7.11 Å². The summed E-state index contributed by atoms with van der Waals surface area (Å²) in [5.41, 5.74) is 3.40. The number of rotatable bonds is 9. The number of anilines is 1. The van der Waals surface area contributed by atoms with Crippen LogP contribution in [0.1, 0.15) is 44.7 Å². The Morgan fingerprint density at radius 1 is 1.10 bits per heavy atom. The van der Waals surface area contributed by atoms with E-state index in [1.165, 1.54) is 43.5 Å². The highest BCUT2D eigenvalue weighted by Gasteiger charge is 2.56. The summed E-state index contributed by atoms with van der Waals surface area (Å²) in [6.45, 7) is 5.26. The highest BCUT2D eigenvalue weighted by atomic mass is 35.5. The maximum absolute atomic E-state index is 14.7. The van der Waals surface area contributed by atoms with Crippen molar-refractivity contribution in [1.82, 2.24) is 5.32 Å². The lowest BCUT2D eigenvalue weighted by Gasteiger charge is -2.43. The zero-order valence-electron chi connectivity index (χ0n) is 18.2. The number of hydrogen-bond acceptors (Lipinski definition) is 3. The molecule has 0 heterocycles. The third-order valence-corrected chi connectivity index (χ3v) is 5.81. The molecule has 0 aromatic heterocycles. The van der Waals surface area contributed by atoms with E-state index in [4.69, 9.17) is 22.1 Å². The smallest absolute Gasteiger partial charge is 0.406 e. The third kappa shape index (κ3) is 5.83. The molecule has 2 rings (SSSR count). The fraction of sp³-hybridized carbons (Fsp3) is 0.478. The van der Waals surface area contributed by atoms with Crippen LogP contribution in [0.3, 0.4) is 0 Å². The molecule has 0 radical (unpaired) electrons. The molecule has 0 aliphatic heterocycles. The maximum atomic E-state index is 14.7. The lowest BCUT2D eigenvalue weighted by molar-refractivity contribution is -0.202. The second-order valence-corrected chi connectivity index (χ2v) is 8.85. The molecule has 0 fully saturated rings. The second kappa shape index (κ2) is 9.65. The highest BCUT2D eigenvalue weighted by Crippen LogP contribution is 2.46. The number of nitrogens with two attached hydrogens (primary N) is 1. The van der Waals surface area contributed by atoms with Gasteiger partial charge in [-0.15, -0.1) is 0 Å². The summed E-state index contributed by atoms with van der Waals surface area (Å²) in [7, 11) is 1.41. The maximum Gasteiger partial charge on any atom is 0.406 e. The van der Waals surface area contributed by atoms with Crippen molar-refractivity contribution in [3.63, 3.8) is 0 Å². The monoisotopic (exact) mass is 460 g/mol. The van der Waals surface area contributed by atoms with Gasteiger partial charge < -0.3 is 15.8 Å². The van der Waals surface area contributed by atoms with E-state index >= 15 is 0 Å². The lowest BCUT2D eigenvalue weighted by Crippen LogP contribution is -2.61. The first-order chi connectivity index (χ1) is 14.3. The number of halogens is 5. The molecular weight excluding hydrogens is 432 g/mol. The van der Waals surface area contributed by atoms with Gasteiger partial charge in [-0.05, 0) is 60.7 Å². The fourth-order valence-corrected chi connectivity index (χ4v) is 4.20. The molecule has 8 heteroatoms. The molecule has 0 spiro atoms. The molecule has 1 unspecified atom stereocenters. The van der Waals surface area contributed by atoms with Crippen LogP contribution in [-0.4, -0.2) is 25.4 Å². The summed E-state index contributed by atoms with van der Waals surface area (Å²) in [5, 5.41) is 2.92. The number of methoxy groups -OCH3 is 1. The Bertz CT molecular complexity index is 902. The van der Waals surface area contributed by atoms with Crippen LogP contribution in [0.5, 0.6) is 5.75 Å². The molecule has 0 saturated heterocycles. The average molecular weight is 461 g/mol. The minimum absolute atomic E-state index is 0.155. The topological polar surface area (TPSA) is 47.3 Å². The number of nitrogen functional groups attached to an aromatic ring is 1. The van der Waals surface area contributed by atoms with Crippen molar-refractivity contribution in [2.24, 2.45) is 0 Å². The van der Waals surface area contributed by atoms with Crippen LogP contribution >= 0.6 is 11.6 Å². The largest absolute Gasteiger partial charge is 0.496 e. The van der Waals surface area contributed by atoms with Crippen LogP contribution in [0.2, 0.25) is 5.02 Å². The molecule has 172 valence electrons. The van der Waals surface area contributed by atoms with E-state index in [-0.39, 0.29) is 18.0 Å². The molecular formula is C23H29ClF4N2O. The first kappa shape index (κ1) is 25.3. The molecule has 0 bridgehead atoms. The molecule has 0 aliphatic carbocycles. The van der Waals surface area contributed by atoms with Crippen molar-refractivity contribution in [2.75, 3.05) is 19.4 Å². The van der Waals surface area contributed by atoms with Gasteiger partial charge in [-0.1, -0.05) is 38.4 Å². The van der Waals surface area contributed by atoms with Crippen molar-refractivity contribution in [3.05, 3.63) is 58.4 Å². The van der Waals surface area contributed by atoms with Crippen molar-refractivity contribution >= 4 is 17.3 Å². The van der Waals surface area contributed by atoms with Gasteiger partial charge in [-0.3, -0.25) is 0 Å². The number of ether oxygens (including phenoxy) is 1. The van der Waals surface area contributed by atoms with Gasteiger partial charge in [0.15, 0.2) is 0 Å². The SMILES string of the molecule is CCCNC(Cc1ccc(N)cc1Cl)(CC(C)(C)c1cc(F)ccc1OC)C(F)(F)F. The van der Waals surface area contributed by atoms with Crippen LogP contribution in [0.15, 0.2) is 36.4 Å². The van der Waals surface area contributed by atoms with Crippen molar-refractivity contribution in [3.8, 4) is 5.75 Å². The van der Waals surface area contributed by atoms with Gasteiger partial charge in [-0.25, -0.2) is 4.39 Å². The van der Waals surface area contributed by atoms with Crippen LogP contribution < -0.4 is 15.8 Å². The summed E-state index contributed by atoms with van der Waals surface area (Å²) in [6, 6.07) is 8.37. The van der Waals surface area contributed by atoms with Crippen molar-refractivity contribution in [2.45, 2.75) is 57.2 Å². The van der Waals surface area contributed by atoms with Crippen LogP contribution in [0, 0.1) is 5.82 Å². The highest BCUT2D eigenvalue weighted by molar-refractivity contribution is 6.31.